The molecule has 70 valence electrons. The lowest BCUT2D eigenvalue weighted by molar-refractivity contribution is 0.287. The van der Waals surface area contributed by atoms with E-state index in [4.69, 9.17) is 14.7 Å². The van der Waals surface area contributed by atoms with E-state index in [9.17, 15) is 0 Å². The monoisotopic (exact) mass is 180 g/mol. The normalized spacial score (nSPS) is 9.77. The van der Waals surface area contributed by atoms with Crippen LogP contribution in [0.4, 0.5) is 0 Å². The summed E-state index contributed by atoms with van der Waals surface area (Å²) >= 11 is 0. The highest BCUT2D eigenvalue weighted by molar-refractivity contribution is 6.33. The van der Waals surface area contributed by atoms with Crippen molar-refractivity contribution < 1.29 is 14.7 Å². The molecule has 1 rings (SSSR count). The molecule has 4 heteroatoms. The predicted molar refractivity (Wildman–Crippen MR) is 51.3 cm³/mol. The molecule has 0 amide bonds. The zero-order valence-electron chi connectivity index (χ0n) is 7.60. The van der Waals surface area contributed by atoms with Crippen molar-refractivity contribution in [1.29, 1.82) is 0 Å². The van der Waals surface area contributed by atoms with Crippen LogP contribution >= 0.6 is 0 Å². The summed E-state index contributed by atoms with van der Waals surface area (Å²) in [4.78, 5) is 0. The van der Waals surface area contributed by atoms with Gasteiger partial charge in [-0.15, -0.1) is 0 Å². The van der Waals surface area contributed by atoms with Gasteiger partial charge in [0.05, 0.1) is 0 Å². The predicted octanol–water partition coefficient (Wildman–Crippen LogP) is 0.987. The summed E-state index contributed by atoms with van der Waals surface area (Å²) in [7, 11) is -1.74. The summed E-state index contributed by atoms with van der Waals surface area (Å²) in [5.74, 6) is 0.541. The Hall–Kier alpha value is -0.995. The van der Waals surface area contributed by atoms with Gasteiger partial charge in [-0.3, -0.25) is 0 Å². The lowest BCUT2D eigenvalue weighted by Crippen LogP contribution is -2.21. The van der Waals surface area contributed by atoms with Gasteiger partial charge in [0.2, 0.25) is 0 Å². The molecule has 1 aromatic carbocycles. The van der Waals surface area contributed by atoms with Gasteiger partial charge in [-0.25, -0.2) is 0 Å². The molecule has 0 fully saturated rings. The lowest BCUT2D eigenvalue weighted by Gasteiger charge is -2.09. The minimum Gasteiger partial charge on any atom is -0.512 e. The fourth-order valence-electron chi connectivity index (χ4n) is 1.21. The van der Waals surface area contributed by atoms with Crippen molar-refractivity contribution in [2.24, 2.45) is 0 Å². The molecule has 0 aliphatic rings. The highest BCUT2D eigenvalue weighted by Crippen LogP contribution is 2.19. The Kier molecular flexibility index (Phi) is 3.80. The van der Waals surface area contributed by atoms with Crippen LogP contribution in [0.3, 0.4) is 0 Å². The van der Waals surface area contributed by atoms with Crippen molar-refractivity contribution in [2.75, 3.05) is 0 Å². The number of hydrogen-bond acceptors (Lipinski definition) is 3. The highest BCUT2D eigenvalue weighted by atomic mass is 16.6. The molecule has 0 atom stereocenters. The quantitative estimate of drug-likeness (QED) is 0.679. The molecular formula is C9H13BO3. The number of aryl methyl sites for hydroxylation is 1. The molecular weight excluding hydrogens is 167 g/mol. The Bertz CT molecular complexity index is 263. The number of benzene rings is 1. The SMILES string of the molecule is CCCc1ccccc1OB(O)O. The third-order valence-electron chi connectivity index (χ3n) is 1.72. The van der Waals surface area contributed by atoms with Crippen LogP contribution in [-0.4, -0.2) is 17.4 Å². The average Bonchev–Trinajstić information content (AvgIpc) is 2.08. The molecule has 0 spiro atoms. The lowest BCUT2D eigenvalue weighted by atomic mass is 10.1. The van der Waals surface area contributed by atoms with Crippen LogP contribution in [0.2, 0.25) is 0 Å². The van der Waals surface area contributed by atoms with Crippen molar-refractivity contribution in [2.45, 2.75) is 19.8 Å². The minimum absolute atomic E-state index is 0.541. The largest absolute Gasteiger partial charge is 0.707 e. The molecule has 1 aromatic rings. The molecule has 0 aliphatic carbocycles. The first-order chi connectivity index (χ1) is 6.24. The summed E-state index contributed by atoms with van der Waals surface area (Å²) in [5.41, 5.74) is 0.998. The topological polar surface area (TPSA) is 49.7 Å². The first-order valence-corrected chi connectivity index (χ1v) is 4.34. The molecule has 0 aliphatic heterocycles. The maximum Gasteiger partial charge on any atom is 0.707 e. The van der Waals surface area contributed by atoms with Crippen LogP contribution < -0.4 is 4.65 Å². The molecule has 0 aromatic heterocycles. The Labute approximate surface area is 78.2 Å². The molecule has 3 nitrogen and oxygen atoms in total. The summed E-state index contributed by atoms with van der Waals surface area (Å²) < 4.78 is 4.81. The van der Waals surface area contributed by atoms with Gasteiger partial charge in [-0.05, 0) is 18.1 Å². The fraction of sp³-hybridized carbons (Fsp3) is 0.333. The van der Waals surface area contributed by atoms with Gasteiger partial charge in [0.15, 0.2) is 0 Å². The summed E-state index contributed by atoms with van der Waals surface area (Å²) in [6.45, 7) is 2.06. The average molecular weight is 180 g/mol. The van der Waals surface area contributed by atoms with E-state index < -0.39 is 7.32 Å². The molecule has 0 unspecified atom stereocenters. The molecule has 0 heterocycles. The smallest absolute Gasteiger partial charge is 0.512 e. The van der Waals surface area contributed by atoms with E-state index in [-0.39, 0.29) is 0 Å². The van der Waals surface area contributed by atoms with E-state index in [0.717, 1.165) is 18.4 Å². The van der Waals surface area contributed by atoms with Gasteiger partial charge >= 0.3 is 7.32 Å². The number of hydrogen-bond donors (Lipinski definition) is 2. The zero-order valence-corrected chi connectivity index (χ0v) is 7.60. The molecule has 2 N–H and O–H groups in total. The van der Waals surface area contributed by atoms with Crippen molar-refractivity contribution in [1.82, 2.24) is 0 Å². The standard InChI is InChI=1S/C9H13BO3/c1-2-5-8-6-3-4-7-9(8)13-10(11)12/h3-4,6-7,11-12H,2,5H2,1H3. The van der Waals surface area contributed by atoms with E-state index in [1.165, 1.54) is 0 Å². The Balaban J connectivity index is 2.78. The maximum absolute atomic E-state index is 8.63. The number of para-hydroxylation sites is 1. The van der Waals surface area contributed by atoms with E-state index in [1.807, 2.05) is 12.1 Å². The van der Waals surface area contributed by atoms with Crippen molar-refractivity contribution >= 4 is 7.32 Å². The molecule has 0 radical (unpaired) electrons. The van der Waals surface area contributed by atoms with Crippen LogP contribution in [0.15, 0.2) is 24.3 Å². The maximum atomic E-state index is 8.63. The van der Waals surface area contributed by atoms with Crippen LogP contribution in [-0.2, 0) is 6.42 Å². The van der Waals surface area contributed by atoms with Gasteiger partial charge in [0.25, 0.3) is 0 Å². The Morgan fingerprint density at radius 1 is 1.31 bits per heavy atom. The van der Waals surface area contributed by atoms with Crippen molar-refractivity contribution in [3.05, 3.63) is 29.8 Å². The number of rotatable bonds is 4. The highest BCUT2D eigenvalue weighted by Gasteiger charge is 2.12. The third-order valence-corrected chi connectivity index (χ3v) is 1.72. The summed E-state index contributed by atoms with van der Waals surface area (Å²) in [6.07, 6.45) is 1.88. The molecule has 0 saturated carbocycles. The summed E-state index contributed by atoms with van der Waals surface area (Å²) in [6, 6.07) is 7.35. The van der Waals surface area contributed by atoms with Crippen LogP contribution in [0, 0.1) is 0 Å². The molecule has 13 heavy (non-hydrogen) atoms. The van der Waals surface area contributed by atoms with Gasteiger partial charge in [-0.1, -0.05) is 31.5 Å². The molecule has 0 saturated heterocycles. The van der Waals surface area contributed by atoms with Crippen molar-refractivity contribution in [3.63, 3.8) is 0 Å². The summed E-state index contributed by atoms with van der Waals surface area (Å²) in [5, 5.41) is 17.3. The third kappa shape index (κ3) is 3.09. The van der Waals surface area contributed by atoms with Crippen molar-refractivity contribution in [3.8, 4) is 5.75 Å². The van der Waals surface area contributed by atoms with Gasteiger partial charge in [-0.2, -0.15) is 0 Å². The van der Waals surface area contributed by atoms with Gasteiger partial charge in [0, 0.05) is 0 Å². The second-order valence-electron chi connectivity index (χ2n) is 2.80. The zero-order chi connectivity index (χ0) is 9.68. The van der Waals surface area contributed by atoms with Crippen LogP contribution in [0.5, 0.6) is 5.75 Å². The van der Waals surface area contributed by atoms with E-state index >= 15 is 0 Å². The van der Waals surface area contributed by atoms with E-state index in [2.05, 4.69) is 6.92 Å². The van der Waals surface area contributed by atoms with E-state index in [1.54, 1.807) is 12.1 Å². The second kappa shape index (κ2) is 4.89. The van der Waals surface area contributed by atoms with Gasteiger partial charge in [0.1, 0.15) is 5.75 Å². The first kappa shape index (κ1) is 10.1. The van der Waals surface area contributed by atoms with Gasteiger partial charge < -0.3 is 14.7 Å². The fourth-order valence-corrected chi connectivity index (χ4v) is 1.21. The minimum atomic E-state index is -1.74. The van der Waals surface area contributed by atoms with Crippen LogP contribution in [0.1, 0.15) is 18.9 Å². The Morgan fingerprint density at radius 2 is 2.00 bits per heavy atom. The van der Waals surface area contributed by atoms with E-state index in [0.29, 0.717) is 5.75 Å². The second-order valence-corrected chi connectivity index (χ2v) is 2.80. The first-order valence-electron chi connectivity index (χ1n) is 4.34. The molecule has 0 bridgehead atoms. The Morgan fingerprint density at radius 3 is 2.62 bits per heavy atom. The van der Waals surface area contributed by atoms with Crippen LogP contribution in [0.25, 0.3) is 0 Å².